The molecule has 270 valence electrons. The van der Waals surface area contributed by atoms with E-state index in [9.17, 15) is 33.1 Å². The van der Waals surface area contributed by atoms with Gasteiger partial charge in [0.1, 0.15) is 29.9 Å². The summed E-state index contributed by atoms with van der Waals surface area (Å²) in [7, 11) is 0. The minimum atomic E-state index is -1.60. The third-order valence-electron chi connectivity index (χ3n) is 12.3. The fourth-order valence-electron chi connectivity index (χ4n) is 10.4. The Morgan fingerprint density at radius 1 is 0.918 bits per heavy atom. The van der Waals surface area contributed by atoms with Crippen LogP contribution in [-0.4, -0.2) is 72.7 Å². The van der Waals surface area contributed by atoms with Crippen molar-refractivity contribution in [1.29, 1.82) is 0 Å². The van der Waals surface area contributed by atoms with Gasteiger partial charge in [-0.15, -0.1) is 0 Å². The maximum atomic E-state index is 14.8. The first-order valence-electron chi connectivity index (χ1n) is 17.0. The minimum absolute atomic E-state index is 0.0186. The summed E-state index contributed by atoms with van der Waals surface area (Å²) in [6, 6.07) is 3.64. The number of ether oxygens (including phenoxy) is 5. The number of fused-ring (bicyclic) bond motifs is 5. The van der Waals surface area contributed by atoms with E-state index in [2.05, 4.69) is 6.92 Å². The summed E-state index contributed by atoms with van der Waals surface area (Å²) in [5, 5.41) is 12.7. The van der Waals surface area contributed by atoms with Gasteiger partial charge in [0.2, 0.25) is 0 Å². The fourth-order valence-corrected chi connectivity index (χ4v) is 10.4. The van der Waals surface area contributed by atoms with E-state index in [-0.39, 0.29) is 50.6 Å². The van der Waals surface area contributed by atoms with E-state index in [1.54, 1.807) is 13.0 Å². The maximum absolute atomic E-state index is 14.8. The number of rotatable bonds is 9. The number of aliphatic hydroxyl groups is 1. The van der Waals surface area contributed by atoms with Gasteiger partial charge in [-0.2, -0.15) is 0 Å². The Bertz CT molecular complexity index is 1510. The van der Waals surface area contributed by atoms with Crippen LogP contribution in [0.25, 0.3) is 0 Å². The first kappa shape index (κ1) is 36.9. The molecule has 1 saturated heterocycles. The SMILES string of the molecule is CC(=O)OCC[C@]12COC[C@H]1[C@]1(C)CC[C@@H]3[C@@](C)(C1[C@H](OC(C)=O)[C@@H]2OC(C)=O)[C@H](OC(C)=O)C=C(C)[C@]3(O)CCc1c(F)cccc1F. The molecule has 0 aromatic heterocycles. The number of hydrogen-bond acceptors (Lipinski definition) is 10. The first-order valence-corrected chi connectivity index (χ1v) is 17.0. The van der Waals surface area contributed by atoms with Crippen molar-refractivity contribution in [2.75, 3.05) is 19.8 Å². The molecule has 4 aliphatic rings. The molecule has 1 aromatic rings. The van der Waals surface area contributed by atoms with Crippen molar-refractivity contribution in [3.05, 3.63) is 47.0 Å². The van der Waals surface area contributed by atoms with Crippen LogP contribution in [0.1, 0.15) is 79.7 Å². The number of benzene rings is 1. The third-order valence-corrected chi connectivity index (χ3v) is 12.3. The standard InChI is InChI=1S/C37H48F2O10/c1-20-17-30(47-22(3)41)35(7)28(37(20,44)14-11-25-26(38)9-8-10-27(25)39)12-13-34(6)29-18-45-19-36(29,15-16-46-21(2)40)33(49-24(5)43)31(32(34)35)48-23(4)42/h8-10,17,28-33,44H,11-16,18-19H2,1-7H3/t28-,29+,30-,31+,32?,33+,34+,35-,36+,37-/m1/s1. The molecule has 2 saturated carbocycles. The topological polar surface area (TPSA) is 135 Å². The molecule has 5 rings (SSSR count). The van der Waals surface area contributed by atoms with Gasteiger partial charge in [0.05, 0.1) is 25.4 Å². The average molecular weight is 691 g/mol. The van der Waals surface area contributed by atoms with Gasteiger partial charge in [-0.05, 0) is 74.1 Å². The summed E-state index contributed by atoms with van der Waals surface area (Å²) < 4.78 is 59.5. The van der Waals surface area contributed by atoms with Crippen molar-refractivity contribution in [2.24, 2.45) is 34.0 Å². The lowest BCUT2D eigenvalue weighted by Crippen LogP contribution is -2.74. The lowest BCUT2D eigenvalue weighted by Gasteiger charge is -2.70. The molecule has 49 heavy (non-hydrogen) atoms. The molecule has 1 unspecified atom stereocenters. The van der Waals surface area contributed by atoms with E-state index in [1.165, 1.54) is 45.9 Å². The van der Waals surface area contributed by atoms with Crippen molar-refractivity contribution >= 4 is 23.9 Å². The highest BCUT2D eigenvalue weighted by Crippen LogP contribution is 2.72. The van der Waals surface area contributed by atoms with E-state index in [1.807, 2.05) is 6.92 Å². The largest absolute Gasteiger partial charge is 0.466 e. The molecule has 0 spiro atoms. The smallest absolute Gasteiger partial charge is 0.303 e. The maximum Gasteiger partial charge on any atom is 0.303 e. The van der Waals surface area contributed by atoms with Crippen LogP contribution in [0.15, 0.2) is 29.8 Å². The zero-order valence-corrected chi connectivity index (χ0v) is 29.3. The Morgan fingerprint density at radius 2 is 1.55 bits per heavy atom. The van der Waals surface area contributed by atoms with Crippen LogP contribution in [0.4, 0.5) is 8.78 Å². The summed E-state index contributed by atoms with van der Waals surface area (Å²) in [5.74, 6) is -5.30. The van der Waals surface area contributed by atoms with Crippen molar-refractivity contribution in [1.82, 2.24) is 0 Å². The lowest BCUT2D eigenvalue weighted by atomic mass is 9.36. The quantitative estimate of drug-likeness (QED) is 0.214. The van der Waals surface area contributed by atoms with Crippen LogP contribution in [0.5, 0.6) is 0 Å². The Hall–Kier alpha value is -3.38. The number of carbonyl (C=O) groups is 4. The zero-order valence-electron chi connectivity index (χ0n) is 29.3. The highest BCUT2D eigenvalue weighted by atomic mass is 19.1. The second kappa shape index (κ2) is 13.4. The van der Waals surface area contributed by atoms with Crippen molar-refractivity contribution in [2.45, 2.75) is 104 Å². The Labute approximate surface area is 285 Å². The molecule has 12 heteroatoms. The van der Waals surface area contributed by atoms with Gasteiger partial charge < -0.3 is 28.8 Å². The summed E-state index contributed by atoms with van der Waals surface area (Å²) in [5.41, 5.74) is -4.01. The molecule has 0 radical (unpaired) electrons. The minimum Gasteiger partial charge on any atom is -0.466 e. The molecular weight excluding hydrogens is 642 g/mol. The zero-order chi connectivity index (χ0) is 36.1. The summed E-state index contributed by atoms with van der Waals surface area (Å²) in [4.78, 5) is 50.3. The Balaban J connectivity index is 1.70. The molecule has 1 heterocycles. The van der Waals surface area contributed by atoms with Crippen molar-refractivity contribution in [3.63, 3.8) is 0 Å². The predicted molar refractivity (Wildman–Crippen MR) is 170 cm³/mol. The van der Waals surface area contributed by atoms with E-state index >= 15 is 0 Å². The first-order chi connectivity index (χ1) is 22.9. The van der Waals surface area contributed by atoms with E-state index in [0.29, 0.717) is 18.4 Å². The normalized spacial score (nSPS) is 37.9. The molecule has 3 aliphatic carbocycles. The summed E-state index contributed by atoms with van der Waals surface area (Å²) in [6.07, 6.45) is -0.297. The molecule has 0 bridgehead atoms. The summed E-state index contributed by atoms with van der Waals surface area (Å²) >= 11 is 0. The van der Waals surface area contributed by atoms with E-state index < -0.39 is 87.5 Å². The molecule has 10 atom stereocenters. The molecule has 1 aromatic carbocycles. The summed E-state index contributed by atoms with van der Waals surface area (Å²) in [6.45, 7) is 11.3. The second-order valence-corrected chi connectivity index (χ2v) is 14.9. The van der Waals surface area contributed by atoms with E-state index in [0.717, 1.165) is 0 Å². The molecule has 1 aliphatic heterocycles. The number of esters is 4. The molecule has 0 amide bonds. The van der Waals surface area contributed by atoms with E-state index in [4.69, 9.17) is 23.7 Å². The van der Waals surface area contributed by atoms with Crippen LogP contribution in [0.2, 0.25) is 0 Å². The lowest BCUT2D eigenvalue weighted by molar-refractivity contribution is -0.287. The van der Waals surface area contributed by atoms with Crippen LogP contribution >= 0.6 is 0 Å². The number of carbonyl (C=O) groups excluding carboxylic acids is 4. The Kier molecular flexibility index (Phi) is 10.1. The van der Waals surface area contributed by atoms with Crippen molar-refractivity contribution < 1.29 is 56.7 Å². The van der Waals surface area contributed by atoms with Gasteiger partial charge in [0, 0.05) is 55.9 Å². The monoisotopic (exact) mass is 690 g/mol. The number of hydrogen-bond donors (Lipinski definition) is 1. The average Bonchev–Trinajstić information content (AvgIpc) is 3.43. The molecule has 3 fully saturated rings. The third kappa shape index (κ3) is 6.17. The Morgan fingerprint density at radius 3 is 2.14 bits per heavy atom. The van der Waals surface area contributed by atoms with Gasteiger partial charge in [-0.3, -0.25) is 19.2 Å². The van der Waals surface area contributed by atoms with Gasteiger partial charge >= 0.3 is 23.9 Å². The van der Waals surface area contributed by atoms with Gasteiger partial charge in [-0.25, -0.2) is 8.78 Å². The molecule has 1 N–H and O–H groups in total. The van der Waals surface area contributed by atoms with Crippen LogP contribution in [-0.2, 0) is 49.3 Å². The van der Waals surface area contributed by atoms with Gasteiger partial charge in [0.25, 0.3) is 0 Å². The molecule has 10 nitrogen and oxygen atoms in total. The van der Waals surface area contributed by atoms with Crippen LogP contribution in [0.3, 0.4) is 0 Å². The van der Waals surface area contributed by atoms with Crippen molar-refractivity contribution in [3.8, 4) is 0 Å². The van der Waals surface area contributed by atoms with Gasteiger partial charge in [0.15, 0.2) is 0 Å². The highest BCUT2D eigenvalue weighted by molar-refractivity contribution is 5.68. The number of halogens is 2. The molecular formula is C37H48F2O10. The second-order valence-electron chi connectivity index (χ2n) is 14.9. The van der Waals surface area contributed by atoms with Crippen LogP contribution in [0, 0.1) is 45.6 Å². The fraction of sp³-hybridized carbons (Fsp3) is 0.676. The van der Waals surface area contributed by atoms with Crippen LogP contribution < -0.4 is 0 Å². The highest BCUT2D eigenvalue weighted by Gasteiger charge is 2.76. The van der Waals surface area contributed by atoms with Gasteiger partial charge in [-0.1, -0.05) is 19.9 Å². The predicted octanol–water partition coefficient (Wildman–Crippen LogP) is 5.02.